The van der Waals surface area contributed by atoms with Gasteiger partial charge in [0.25, 0.3) is 0 Å². The van der Waals surface area contributed by atoms with Gasteiger partial charge in [-0.2, -0.15) is 0 Å². The van der Waals surface area contributed by atoms with Crippen LogP contribution in [0.1, 0.15) is 63.2 Å². The molecular weight excluding hydrogens is 488 g/mol. The molecule has 2 N–H and O–H groups in total. The van der Waals surface area contributed by atoms with E-state index in [0.29, 0.717) is 88.7 Å². The molecule has 8 nitrogen and oxygen atoms in total. The lowest BCUT2D eigenvalue weighted by Gasteiger charge is -2.18. The number of aliphatic hydroxyl groups excluding tert-OH is 2. The van der Waals surface area contributed by atoms with Crippen molar-refractivity contribution in [2.45, 2.75) is 64.6 Å². The Bertz CT molecular complexity index is 934. The highest BCUT2D eigenvalue weighted by molar-refractivity contribution is 5.44. The number of ether oxygens (including phenoxy) is 6. The molecule has 38 heavy (non-hydrogen) atoms. The maximum absolute atomic E-state index is 10.5. The molecule has 0 saturated heterocycles. The molecule has 0 aliphatic carbocycles. The molecule has 3 rings (SSSR count). The van der Waals surface area contributed by atoms with Crippen LogP contribution in [0.5, 0.6) is 23.0 Å². The number of aryl methyl sites for hydroxylation is 1. The van der Waals surface area contributed by atoms with Crippen LogP contribution >= 0.6 is 0 Å². The molecule has 0 bridgehead atoms. The van der Waals surface area contributed by atoms with Crippen molar-refractivity contribution < 1.29 is 38.6 Å². The summed E-state index contributed by atoms with van der Waals surface area (Å²) < 4.78 is 35.2. The quantitative estimate of drug-likeness (QED) is 0.497. The van der Waals surface area contributed by atoms with Gasteiger partial charge in [-0.1, -0.05) is 38.8 Å². The summed E-state index contributed by atoms with van der Waals surface area (Å²) in [7, 11) is 0. The number of hydrogen-bond acceptors (Lipinski definition) is 8. The summed E-state index contributed by atoms with van der Waals surface area (Å²) in [4.78, 5) is 0. The Morgan fingerprint density at radius 3 is 1.79 bits per heavy atom. The number of benzene rings is 2. The first-order valence-electron chi connectivity index (χ1n) is 13.9. The zero-order valence-electron chi connectivity index (χ0n) is 22.9. The molecule has 2 atom stereocenters. The highest BCUT2D eigenvalue weighted by Crippen LogP contribution is 2.32. The van der Waals surface area contributed by atoms with Crippen LogP contribution in [0, 0.1) is 0 Å². The second-order valence-electron chi connectivity index (χ2n) is 9.36. The van der Waals surface area contributed by atoms with Crippen LogP contribution < -0.4 is 18.9 Å². The van der Waals surface area contributed by atoms with E-state index in [1.807, 2.05) is 43.3 Å². The minimum atomic E-state index is -0.534. The molecule has 2 aromatic rings. The smallest absolute Gasteiger partial charge is 0.161 e. The third-order valence-corrected chi connectivity index (χ3v) is 6.37. The molecule has 1 aliphatic rings. The van der Waals surface area contributed by atoms with E-state index in [1.165, 1.54) is 0 Å². The van der Waals surface area contributed by atoms with Crippen LogP contribution in [-0.2, 0) is 15.9 Å². The van der Waals surface area contributed by atoms with Gasteiger partial charge >= 0.3 is 0 Å². The van der Waals surface area contributed by atoms with Crippen molar-refractivity contribution in [2.24, 2.45) is 0 Å². The Morgan fingerprint density at radius 2 is 1.21 bits per heavy atom. The van der Waals surface area contributed by atoms with Crippen LogP contribution in [-0.4, -0.2) is 69.2 Å². The van der Waals surface area contributed by atoms with Gasteiger partial charge in [0.2, 0.25) is 0 Å². The summed E-state index contributed by atoms with van der Waals surface area (Å²) in [6.45, 7) is 7.10. The van der Waals surface area contributed by atoms with Crippen molar-refractivity contribution in [3.63, 3.8) is 0 Å². The van der Waals surface area contributed by atoms with Crippen molar-refractivity contribution >= 4 is 0 Å². The highest BCUT2D eigenvalue weighted by Gasteiger charge is 2.14. The lowest BCUT2D eigenvalue weighted by molar-refractivity contribution is 0.0638. The van der Waals surface area contributed by atoms with Crippen LogP contribution in [0.3, 0.4) is 0 Å². The Labute approximate surface area is 226 Å². The van der Waals surface area contributed by atoms with Gasteiger partial charge in [0, 0.05) is 0 Å². The molecule has 0 spiro atoms. The standard InChI is InChI=1S/C30H44O8/c1-3-5-6-26(32)24-9-12-28-30(22-24)38-20-16-34-15-19-37-29-21-23(7-10-25(31)4-2)8-11-27(29)35-17-13-33-14-18-36-28/h8-9,11-12,21-22,25-26,31-32H,3-7,10,13-20H2,1-2H3. The van der Waals surface area contributed by atoms with Crippen molar-refractivity contribution in [3.05, 3.63) is 47.5 Å². The van der Waals surface area contributed by atoms with E-state index in [9.17, 15) is 10.2 Å². The lowest BCUT2D eigenvalue weighted by Crippen LogP contribution is -2.15. The third kappa shape index (κ3) is 10.3. The van der Waals surface area contributed by atoms with Crippen LogP contribution in [0.2, 0.25) is 0 Å². The first kappa shape index (κ1) is 30.0. The van der Waals surface area contributed by atoms with E-state index >= 15 is 0 Å². The van der Waals surface area contributed by atoms with Gasteiger partial charge in [-0.25, -0.2) is 0 Å². The maximum atomic E-state index is 10.5. The van der Waals surface area contributed by atoms with Gasteiger partial charge in [-0.15, -0.1) is 0 Å². The van der Waals surface area contributed by atoms with Gasteiger partial charge in [-0.05, 0) is 61.1 Å². The fraction of sp³-hybridized carbons (Fsp3) is 0.600. The number of aliphatic hydroxyl groups is 2. The second kappa shape index (κ2) is 17.1. The van der Waals surface area contributed by atoms with Crippen molar-refractivity contribution in [1.29, 1.82) is 0 Å². The van der Waals surface area contributed by atoms with Crippen molar-refractivity contribution in [1.82, 2.24) is 0 Å². The minimum absolute atomic E-state index is 0.302. The molecule has 0 amide bonds. The number of hydrogen-bond donors (Lipinski definition) is 2. The van der Waals surface area contributed by atoms with E-state index in [4.69, 9.17) is 28.4 Å². The monoisotopic (exact) mass is 532 g/mol. The molecule has 8 heteroatoms. The summed E-state index contributed by atoms with van der Waals surface area (Å²) in [5.41, 5.74) is 1.90. The van der Waals surface area contributed by atoms with E-state index in [1.54, 1.807) is 0 Å². The van der Waals surface area contributed by atoms with E-state index < -0.39 is 6.10 Å². The van der Waals surface area contributed by atoms with Gasteiger partial charge in [0.15, 0.2) is 23.0 Å². The fourth-order valence-corrected chi connectivity index (χ4v) is 4.05. The van der Waals surface area contributed by atoms with Crippen LogP contribution in [0.4, 0.5) is 0 Å². The summed E-state index contributed by atoms with van der Waals surface area (Å²) in [5.74, 6) is 2.50. The Balaban J connectivity index is 1.60. The van der Waals surface area contributed by atoms with E-state index in [0.717, 1.165) is 36.8 Å². The molecule has 1 aliphatic heterocycles. The Hall–Kier alpha value is -2.52. The molecule has 2 aromatic carbocycles. The highest BCUT2D eigenvalue weighted by atomic mass is 16.6. The summed E-state index contributed by atoms with van der Waals surface area (Å²) in [5, 5.41) is 20.4. The molecule has 0 saturated carbocycles. The first-order valence-corrected chi connectivity index (χ1v) is 13.9. The molecule has 0 fully saturated rings. The lowest BCUT2D eigenvalue weighted by atomic mass is 10.0. The normalized spacial score (nSPS) is 17.2. The van der Waals surface area contributed by atoms with Crippen LogP contribution in [0.15, 0.2) is 36.4 Å². The average Bonchev–Trinajstić information content (AvgIpc) is 2.94. The number of fused-ring (bicyclic) bond motifs is 2. The first-order chi connectivity index (χ1) is 18.6. The van der Waals surface area contributed by atoms with Crippen molar-refractivity contribution in [3.8, 4) is 23.0 Å². The minimum Gasteiger partial charge on any atom is -0.487 e. The average molecular weight is 533 g/mol. The van der Waals surface area contributed by atoms with Crippen molar-refractivity contribution in [2.75, 3.05) is 52.9 Å². The summed E-state index contributed by atoms with van der Waals surface area (Å²) in [6.07, 6.45) is 4.07. The zero-order chi connectivity index (χ0) is 27.0. The fourth-order valence-electron chi connectivity index (χ4n) is 4.05. The summed E-state index contributed by atoms with van der Waals surface area (Å²) >= 11 is 0. The predicted octanol–water partition coefficient (Wildman–Crippen LogP) is 4.88. The summed E-state index contributed by atoms with van der Waals surface area (Å²) in [6, 6.07) is 11.4. The molecule has 2 unspecified atom stereocenters. The molecule has 1 heterocycles. The molecular formula is C30H44O8. The van der Waals surface area contributed by atoms with Gasteiger partial charge in [0.05, 0.1) is 38.6 Å². The van der Waals surface area contributed by atoms with Gasteiger partial charge in [0.1, 0.15) is 26.4 Å². The van der Waals surface area contributed by atoms with Gasteiger partial charge < -0.3 is 38.6 Å². The Kier molecular flexibility index (Phi) is 13.5. The maximum Gasteiger partial charge on any atom is 0.161 e. The number of unbranched alkanes of at least 4 members (excludes halogenated alkanes) is 1. The van der Waals surface area contributed by atoms with E-state index in [2.05, 4.69) is 6.92 Å². The number of rotatable bonds is 8. The van der Waals surface area contributed by atoms with Gasteiger partial charge in [-0.3, -0.25) is 0 Å². The van der Waals surface area contributed by atoms with Crippen LogP contribution in [0.25, 0.3) is 0 Å². The second-order valence-corrected chi connectivity index (χ2v) is 9.36. The largest absolute Gasteiger partial charge is 0.487 e. The molecule has 0 aromatic heterocycles. The van der Waals surface area contributed by atoms with E-state index in [-0.39, 0.29) is 6.10 Å². The zero-order valence-corrected chi connectivity index (χ0v) is 22.9. The third-order valence-electron chi connectivity index (χ3n) is 6.37. The Morgan fingerprint density at radius 1 is 0.658 bits per heavy atom. The topological polar surface area (TPSA) is 95.8 Å². The molecule has 0 radical (unpaired) electrons. The molecule has 212 valence electrons. The predicted molar refractivity (Wildman–Crippen MR) is 146 cm³/mol. The SMILES string of the molecule is CCCCC(O)c1ccc2c(c1)OCCOCCOc1cc(CCC(O)CC)ccc1OCCOCCO2.